The highest BCUT2D eigenvalue weighted by atomic mass is 15.3. The van der Waals surface area contributed by atoms with E-state index in [1.54, 1.807) is 0 Å². The van der Waals surface area contributed by atoms with Crippen molar-refractivity contribution in [3.63, 3.8) is 0 Å². The van der Waals surface area contributed by atoms with Gasteiger partial charge in [-0.3, -0.25) is 0 Å². The Morgan fingerprint density at radius 1 is 0.438 bits per heavy atom. The second-order valence-electron chi connectivity index (χ2n) is 5.51. The molecule has 0 bridgehead atoms. The van der Waals surface area contributed by atoms with Crippen LogP contribution in [0.5, 0.6) is 0 Å². The highest BCUT2D eigenvalue weighted by Crippen LogP contribution is 2.12. The van der Waals surface area contributed by atoms with Gasteiger partial charge < -0.3 is 9.80 Å². The van der Waals surface area contributed by atoms with Gasteiger partial charge in [0.05, 0.1) is 0 Å². The Bertz CT molecular complexity index is 154. The molecule has 16 heavy (non-hydrogen) atoms. The first-order valence-corrected chi connectivity index (χ1v) is 7.40. The Morgan fingerprint density at radius 2 is 0.750 bits per heavy atom. The molecule has 2 aliphatic heterocycles. The number of hydrogen-bond donors (Lipinski definition) is 0. The third-order valence-electron chi connectivity index (χ3n) is 3.78. The molecule has 2 aliphatic rings. The highest BCUT2D eigenvalue weighted by molar-refractivity contribution is 4.72. The molecule has 0 aromatic rings. The first kappa shape index (κ1) is 12.4. The van der Waals surface area contributed by atoms with E-state index in [0.717, 1.165) is 0 Å². The van der Waals surface area contributed by atoms with Gasteiger partial charge in [-0.2, -0.15) is 0 Å². The quantitative estimate of drug-likeness (QED) is 0.393. The van der Waals surface area contributed by atoms with Crippen LogP contribution in [0.15, 0.2) is 0 Å². The van der Waals surface area contributed by atoms with Gasteiger partial charge in [0.2, 0.25) is 0 Å². The van der Waals surface area contributed by atoms with E-state index in [2.05, 4.69) is 9.80 Å². The fourth-order valence-corrected chi connectivity index (χ4v) is 2.32. The fourth-order valence-electron chi connectivity index (χ4n) is 2.32. The molecule has 2 nitrogen and oxygen atoms in total. The van der Waals surface area contributed by atoms with E-state index in [1.165, 1.54) is 90.6 Å². The van der Waals surface area contributed by atoms with E-state index in [0.29, 0.717) is 0 Å². The second kappa shape index (κ2) is 7.29. The molecule has 2 heteroatoms. The molecule has 0 unspecified atom stereocenters. The maximum absolute atomic E-state index is 2.53. The largest absolute Gasteiger partial charge is 0.301 e. The molecule has 2 fully saturated rings. The summed E-state index contributed by atoms with van der Waals surface area (Å²) in [6.45, 7) is 8.23. The van der Waals surface area contributed by atoms with E-state index in [1.807, 2.05) is 0 Å². The molecule has 0 aromatic carbocycles. The molecule has 2 heterocycles. The maximum atomic E-state index is 2.53. The first-order valence-electron chi connectivity index (χ1n) is 7.40. The van der Waals surface area contributed by atoms with E-state index >= 15 is 0 Å². The van der Waals surface area contributed by atoms with Crippen LogP contribution < -0.4 is 0 Å². The van der Waals surface area contributed by atoms with Gasteiger partial charge in [0.25, 0.3) is 0 Å². The molecule has 2 saturated heterocycles. The summed E-state index contributed by atoms with van der Waals surface area (Å²) >= 11 is 0. The molecular weight excluding hydrogens is 196 g/mol. The zero-order chi connectivity index (χ0) is 11.1. The van der Waals surface area contributed by atoms with Crippen LogP contribution in [0.4, 0.5) is 0 Å². The summed E-state index contributed by atoms with van der Waals surface area (Å²) in [7, 11) is 0. The molecular formula is C14H28N2. The third-order valence-corrected chi connectivity index (χ3v) is 3.78. The van der Waals surface area contributed by atoms with Crippen molar-refractivity contribution in [3.05, 3.63) is 0 Å². The van der Waals surface area contributed by atoms with Crippen LogP contribution in [0.3, 0.4) is 0 Å². The van der Waals surface area contributed by atoms with Crippen molar-refractivity contribution in [2.24, 2.45) is 0 Å². The lowest BCUT2D eigenvalue weighted by molar-refractivity contribution is 0.483. The van der Waals surface area contributed by atoms with E-state index < -0.39 is 0 Å². The van der Waals surface area contributed by atoms with Gasteiger partial charge in [0.15, 0.2) is 0 Å². The molecule has 94 valence electrons. The van der Waals surface area contributed by atoms with Crippen molar-refractivity contribution in [2.75, 3.05) is 39.3 Å². The molecule has 0 atom stereocenters. The normalized spacial score (nSPS) is 20.2. The topological polar surface area (TPSA) is 6.02 Å². The maximum Gasteiger partial charge on any atom is 0.0110 e. The van der Waals surface area contributed by atoms with Crippen LogP contribution in [-0.4, -0.2) is 49.1 Å². The van der Waals surface area contributed by atoms with Gasteiger partial charge in [0, 0.05) is 26.2 Å². The molecule has 0 N–H and O–H groups in total. The number of unbranched alkanes of at least 4 members (excludes halogenated alkanes) is 7. The molecule has 0 aromatic heterocycles. The summed E-state index contributed by atoms with van der Waals surface area (Å²) < 4.78 is 0. The first-order chi connectivity index (χ1) is 7.95. The van der Waals surface area contributed by atoms with Crippen LogP contribution in [0.1, 0.15) is 51.4 Å². The fraction of sp³-hybridized carbons (Fsp3) is 1.00. The van der Waals surface area contributed by atoms with Crippen molar-refractivity contribution in [2.45, 2.75) is 51.4 Å². The zero-order valence-electron chi connectivity index (χ0n) is 10.8. The van der Waals surface area contributed by atoms with Gasteiger partial charge in [0.1, 0.15) is 0 Å². The highest BCUT2D eigenvalue weighted by Gasteiger charge is 2.15. The summed E-state index contributed by atoms with van der Waals surface area (Å²) in [5.41, 5.74) is 0. The van der Waals surface area contributed by atoms with Crippen molar-refractivity contribution < 1.29 is 0 Å². The smallest absolute Gasteiger partial charge is 0.0110 e. The lowest BCUT2D eigenvalue weighted by atomic mass is 10.1. The second-order valence-corrected chi connectivity index (χ2v) is 5.51. The van der Waals surface area contributed by atoms with Gasteiger partial charge in [-0.1, -0.05) is 38.5 Å². The van der Waals surface area contributed by atoms with Crippen LogP contribution in [0.25, 0.3) is 0 Å². The van der Waals surface area contributed by atoms with Crippen LogP contribution in [0, 0.1) is 0 Å². The SMILES string of the molecule is C(CCCCCN1CC1)CCCCN1CC1. The Morgan fingerprint density at radius 3 is 1.06 bits per heavy atom. The molecule has 0 spiro atoms. The molecule has 0 amide bonds. The summed E-state index contributed by atoms with van der Waals surface area (Å²) in [5, 5.41) is 0. The Balaban J connectivity index is 1.22. The molecule has 0 radical (unpaired) electrons. The van der Waals surface area contributed by atoms with Crippen molar-refractivity contribution in [3.8, 4) is 0 Å². The zero-order valence-corrected chi connectivity index (χ0v) is 10.8. The van der Waals surface area contributed by atoms with Gasteiger partial charge in [-0.15, -0.1) is 0 Å². The standard InChI is InChI=1S/C14H28N2/c1(3-5-7-9-15-11-12-15)2-4-6-8-10-16-13-14-16/h1-14H2. The number of nitrogens with zero attached hydrogens (tertiary/aromatic N) is 2. The van der Waals surface area contributed by atoms with Crippen LogP contribution in [-0.2, 0) is 0 Å². The third kappa shape index (κ3) is 6.49. The van der Waals surface area contributed by atoms with Crippen molar-refractivity contribution >= 4 is 0 Å². The lowest BCUT2D eigenvalue weighted by Crippen LogP contribution is -1.98. The Hall–Kier alpha value is -0.0800. The summed E-state index contributed by atoms with van der Waals surface area (Å²) in [6.07, 6.45) is 11.7. The summed E-state index contributed by atoms with van der Waals surface area (Å²) in [6, 6.07) is 0. The van der Waals surface area contributed by atoms with Crippen LogP contribution in [0.2, 0.25) is 0 Å². The summed E-state index contributed by atoms with van der Waals surface area (Å²) in [5.74, 6) is 0. The average molecular weight is 224 g/mol. The van der Waals surface area contributed by atoms with E-state index in [9.17, 15) is 0 Å². The average Bonchev–Trinajstić information content (AvgIpc) is 3.14. The monoisotopic (exact) mass is 224 g/mol. The molecule has 2 rings (SSSR count). The van der Waals surface area contributed by atoms with Gasteiger partial charge in [-0.25, -0.2) is 0 Å². The minimum absolute atomic E-state index is 1.37. The van der Waals surface area contributed by atoms with E-state index in [4.69, 9.17) is 0 Å². The van der Waals surface area contributed by atoms with E-state index in [-0.39, 0.29) is 0 Å². The van der Waals surface area contributed by atoms with Crippen LogP contribution >= 0.6 is 0 Å². The molecule has 0 aliphatic carbocycles. The predicted molar refractivity (Wildman–Crippen MR) is 69.8 cm³/mol. The van der Waals surface area contributed by atoms with Gasteiger partial charge >= 0.3 is 0 Å². The van der Waals surface area contributed by atoms with Gasteiger partial charge in [-0.05, 0) is 25.9 Å². The summed E-state index contributed by atoms with van der Waals surface area (Å²) in [4.78, 5) is 5.07. The predicted octanol–water partition coefficient (Wildman–Crippen LogP) is 2.74. The Labute approximate surface area is 101 Å². The van der Waals surface area contributed by atoms with Crippen molar-refractivity contribution in [1.82, 2.24) is 9.80 Å². The number of rotatable bonds is 11. The Kier molecular flexibility index (Phi) is 5.64. The number of hydrogen-bond acceptors (Lipinski definition) is 2. The van der Waals surface area contributed by atoms with Crippen molar-refractivity contribution in [1.29, 1.82) is 0 Å². The minimum Gasteiger partial charge on any atom is -0.301 e. The lowest BCUT2D eigenvalue weighted by Gasteiger charge is -2.03. The minimum atomic E-state index is 1.37. The molecule has 0 saturated carbocycles.